The number of fused-ring (bicyclic) bond motifs is 1. The van der Waals surface area contributed by atoms with Crippen molar-refractivity contribution in [1.29, 1.82) is 0 Å². The second-order valence-corrected chi connectivity index (χ2v) is 5.61. The van der Waals surface area contributed by atoms with Crippen LogP contribution in [0.25, 0.3) is 10.8 Å². The van der Waals surface area contributed by atoms with Crippen LogP contribution in [0, 0.1) is 5.82 Å². The molecule has 0 spiro atoms. The molecular weight excluding hydrogens is 365 g/mol. The maximum Gasteiger partial charge on any atom is 0.373 e. The molecule has 0 aliphatic heterocycles. The fourth-order valence-electron chi connectivity index (χ4n) is 2.21. The number of carbonyl (C=O) groups excluding carboxylic acids is 2. The van der Waals surface area contributed by atoms with Crippen LogP contribution in [0.1, 0.15) is 5.56 Å². The highest BCUT2D eigenvalue weighted by molar-refractivity contribution is 9.10. The number of nitrogens with zero attached hydrogens (tertiary/aromatic N) is 1. The summed E-state index contributed by atoms with van der Waals surface area (Å²) in [4.78, 5) is 28.7. The van der Waals surface area contributed by atoms with Crippen LogP contribution in [0.15, 0.2) is 64.0 Å². The van der Waals surface area contributed by atoms with Crippen LogP contribution in [0.2, 0.25) is 0 Å². The monoisotopic (exact) mass is 375 g/mol. The van der Waals surface area contributed by atoms with Crippen LogP contribution in [0.4, 0.5) is 4.39 Å². The largest absolute Gasteiger partial charge is 0.373 e. The molecule has 0 amide bonds. The zero-order chi connectivity index (χ0) is 16.8. The van der Waals surface area contributed by atoms with Crippen molar-refractivity contribution in [1.82, 2.24) is 4.57 Å². The van der Waals surface area contributed by atoms with Crippen LogP contribution < -0.4 is 5.56 Å². The van der Waals surface area contributed by atoms with E-state index in [-0.39, 0.29) is 17.5 Å². The second kappa shape index (κ2) is 7.63. The topological polar surface area (TPSA) is 56.1 Å². The highest BCUT2D eigenvalue weighted by Gasteiger charge is 2.04. The smallest absolute Gasteiger partial charge is 0.311 e. The van der Waals surface area contributed by atoms with Gasteiger partial charge in [-0.1, -0.05) is 34.1 Å². The van der Waals surface area contributed by atoms with Crippen LogP contribution in [0.3, 0.4) is 0 Å². The van der Waals surface area contributed by atoms with Crippen LogP contribution in [-0.4, -0.2) is 10.7 Å². The first kappa shape index (κ1) is 16.8. The normalized spacial score (nSPS) is 9.83. The van der Waals surface area contributed by atoms with Crippen molar-refractivity contribution in [3.8, 4) is 0 Å². The van der Waals surface area contributed by atoms with Crippen molar-refractivity contribution in [2.75, 3.05) is 0 Å². The Morgan fingerprint density at radius 2 is 1.83 bits per heavy atom. The summed E-state index contributed by atoms with van der Waals surface area (Å²) >= 11 is 3.37. The number of hydrogen-bond donors (Lipinski definition) is 0. The quantitative estimate of drug-likeness (QED) is 0.689. The molecule has 116 valence electrons. The van der Waals surface area contributed by atoms with Crippen molar-refractivity contribution >= 4 is 32.9 Å². The number of halogens is 2. The Morgan fingerprint density at radius 1 is 1.09 bits per heavy atom. The van der Waals surface area contributed by atoms with Gasteiger partial charge in [0.15, 0.2) is 0 Å². The first-order valence-electron chi connectivity index (χ1n) is 6.57. The third-order valence-corrected chi connectivity index (χ3v) is 3.68. The highest BCUT2D eigenvalue weighted by Crippen LogP contribution is 2.17. The number of benzene rings is 2. The lowest BCUT2D eigenvalue weighted by atomic mass is 10.1. The van der Waals surface area contributed by atoms with Gasteiger partial charge in [0.25, 0.3) is 5.56 Å². The van der Waals surface area contributed by atoms with Gasteiger partial charge in [0.2, 0.25) is 0 Å². The van der Waals surface area contributed by atoms with Gasteiger partial charge in [-0.15, -0.1) is 0 Å². The number of rotatable bonds is 2. The molecule has 1 heterocycles. The van der Waals surface area contributed by atoms with E-state index in [4.69, 9.17) is 9.59 Å². The van der Waals surface area contributed by atoms with Crippen LogP contribution in [-0.2, 0) is 16.1 Å². The van der Waals surface area contributed by atoms with E-state index in [0.717, 1.165) is 15.4 Å². The van der Waals surface area contributed by atoms with Gasteiger partial charge in [0.05, 0.1) is 6.54 Å². The van der Waals surface area contributed by atoms with Gasteiger partial charge in [-0.2, -0.15) is 9.59 Å². The van der Waals surface area contributed by atoms with Gasteiger partial charge >= 0.3 is 6.15 Å². The van der Waals surface area contributed by atoms with E-state index in [1.807, 2.05) is 18.2 Å². The van der Waals surface area contributed by atoms with Crippen molar-refractivity contribution in [3.05, 3.63) is 80.9 Å². The molecule has 0 aliphatic carbocycles. The summed E-state index contributed by atoms with van der Waals surface area (Å²) in [5, 5.41) is 1.55. The summed E-state index contributed by atoms with van der Waals surface area (Å²) in [7, 11) is 0. The van der Waals surface area contributed by atoms with E-state index in [9.17, 15) is 9.18 Å². The highest BCUT2D eigenvalue weighted by atomic mass is 79.9. The lowest BCUT2D eigenvalue weighted by Gasteiger charge is -2.08. The SMILES string of the molecule is O=C=O.O=c1c2cc(Br)ccc2ccn1Cc1cccc(F)c1. The molecule has 4 nitrogen and oxygen atoms in total. The van der Waals surface area contributed by atoms with E-state index in [1.54, 1.807) is 29.0 Å². The van der Waals surface area contributed by atoms with Gasteiger partial charge in [0, 0.05) is 16.1 Å². The Labute approximate surface area is 139 Å². The van der Waals surface area contributed by atoms with Crippen LogP contribution in [0.5, 0.6) is 0 Å². The summed E-state index contributed by atoms with van der Waals surface area (Å²) in [5.41, 5.74) is 0.689. The predicted octanol–water partition coefficient (Wildman–Crippen LogP) is 3.37. The Morgan fingerprint density at radius 3 is 2.52 bits per heavy atom. The summed E-state index contributed by atoms with van der Waals surface area (Å²) in [6.07, 6.45) is 1.99. The van der Waals surface area contributed by atoms with Gasteiger partial charge in [0.1, 0.15) is 5.82 Å². The zero-order valence-corrected chi connectivity index (χ0v) is 13.4. The number of pyridine rings is 1. The fraction of sp³-hybridized carbons (Fsp3) is 0.0588. The Bertz CT molecular complexity index is 931. The number of aromatic nitrogens is 1. The molecule has 0 bridgehead atoms. The van der Waals surface area contributed by atoms with E-state index < -0.39 is 0 Å². The molecule has 1 aromatic heterocycles. The van der Waals surface area contributed by atoms with Gasteiger partial charge in [-0.25, -0.2) is 4.39 Å². The lowest BCUT2D eigenvalue weighted by Crippen LogP contribution is -2.20. The summed E-state index contributed by atoms with van der Waals surface area (Å²) in [6.45, 7) is 0.360. The first-order valence-corrected chi connectivity index (χ1v) is 7.37. The molecule has 0 aliphatic rings. The molecule has 0 radical (unpaired) electrons. The van der Waals surface area contributed by atoms with E-state index in [2.05, 4.69) is 15.9 Å². The Kier molecular flexibility index (Phi) is 5.57. The van der Waals surface area contributed by atoms with E-state index in [0.29, 0.717) is 11.9 Å². The predicted molar refractivity (Wildman–Crippen MR) is 86.4 cm³/mol. The summed E-state index contributed by atoms with van der Waals surface area (Å²) in [5.74, 6) is -0.293. The van der Waals surface area contributed by atoms with Crippen molar-refractivity contribution in [2.24, 2.45) is 0 Å². The molecule has 6 heteroatoms. The van der Waals surface area contributed by atoms with Crippen molar-refractivity contribution in [3.63, 3.8) is 0 Å². The third-order valence-electron chi connectivity index (χ3n) is 3.18. The standard InChI is InChI=1S/C16H11BrFNO.CO2/c17-13-5-4-12-6-7-19(16(20)15(12)9-13)10-11-2-1-3-14(18)8-11;2-1-3/h1-9H,10H2;. The molecule has 0 fully saturated rings. The Balaban J connectivity index is 0.000000595. The molecular formula is C17H11BrFNO3. The molecule has 3 rings (SSSR count). The average Bonchev–Trinajstić information content (AvgIpc) is 2.51. The zero-order valence-electron chi connectivity index (χ0n) is 11.8. The maximum absolute atomic E-state index is 13.2. The van der Waals surface area contributed by atoms with Gasteiger partial charge < -0.3 is 4.57 Å². The van der Waals surface area contributed by atoms with Crippen molar-refractivity contribution in [2.45, 2.75) is 6.54 Å². The molecule has 2 aromatic carbocycles. The number of hydrogen-bond acceptors (Lipinski definition) is 3. The molecule has 23 heavy (non-hydrogen) atoms. The van der Waals surface area contributed by atoms with Gasteiger partial charge in [-0.3, -0.25) is 4.79 Å². The summed E-state index contributed by atoms with van der Waals surface area (Å²) < 4.78 is 15.6. The summed E-state index contributed by atoms with van der Waals surface area (Å²) in [6, 6.07) is 13.8. The average molecular weight is 376 g/mol. The third kappa shape index (κ3) is 4.22. The fourth-order valence-corrected chi connectivity index (χ4v) is 2.57. The maximum atomic E-state index is 13.2. The van der Waals surface area contributed by atoms with Crippen molar-refractivity contribution < 1.29 is 14.0 Å². The minimum Gasteiger partial charge on any atom is -0.311 e. The minimum absolute atomic E-state index is 0.0759. The van der Waals surface area contributed by atoms with E-state index >= 15 is 0 Å². The lowest BCUT2D eigenvalue weighted by molar-refractivity contribution is -0.191. The molecule has 0 unspecified atom stereocenters. The minimum atomic E-state index is -0.293. The second-order valence-electron chi connectivity index (χ2n) is 4.69. The first-order chi connectivity index (χ1) is 11.0. The van der Waals surface area contributed by atoms with E-state index in [1.165, 1.54) is 12.1 Å². The molecule has 0 N–H and O–H groups in total. The molecule has 0 atom stereocenters. The molecule has 0 saturated heterocycles. The van der Waals surface area contributed by atoms with Crippen LogP contribution >= 0.6 is 15.9 Å². The van der Waals surface area contributed by atoms with Gasteiger partial charge in [-0.05, 0) is 41.3 Å². The molecule has 3 aromatic rings. The Hall–Kier alpha value is -2.56. The molecule has 0 saturated carbocycles.